The van der Waals surface area contributed by atoms with Crippen molar-refractivity contribution in [3.05, 3.63) is 88.0 Å². The van der Waals surface area contributed by atoms with Crippen LogP contribution in [0, 0.1) is 5.82 Å². The van der Waals surface area contributed by atoms with Gasteiger partial charge in [-0.2, -0.15) is 11.3 Å². The molecule has 1 saturated heterocycles. The lowest BCUT2D eigenvalue weighted by Crippen LogP contribution is -2.35. The molecule has 1 N–H and O–H groups in total. The molecule has 0 saturated carbocycles. The van der Waals surface area contributed by atoms with E-state index in [1.807, 2.05) is 6.07 Å². The lowest BCUT2D eigenvalue weighted by atomic mass is 9.89. The second-order valence-corrected chi connectivity index (χ2v) is 9.55. The third kappa shape index (κ3) is 4.86. The maximum absolute atomic E-state index is 14.0. The molecule has 7 heteroatoms. The molecule has 0 unspecified atom stereocenters. The lowest BCUT2D eigenvalue weighted by Gasteiger charge is -2.31. The smallest absolute Gasteiger partial charge is 0.339 e. The van der Waals surface area contributed by atoms with Crippen molar-refractivity contribution in [3.8, 4) is 5.75 Å². The van der Waals surface area contributed by atoms with Crippen molar-refractivity contribution in [2.75, 3.05) is 26.2 Å². The van der Waals surface area contributed by atoms with Gasteiger partial charge in [-0.25, -0.2) is 9.18 Å². The van der Waals surface area contributed by atoms with Crippen LogP contribution in [0.25, 0.3) is 10.9 Å². The highest BCUT2D eigenvalue weighted by Gasteiger charge is 2.24. The van der Waals surface area contributed by atoms with Gasteiger partial charge in [-0.15, -0.1) is 0 Å². The molecule has 2 aromatic heterocycles. The number of hydrogen-bond donors (Lipinski definition) is 1. The highest BCUT2D eigenvalue weighted by atomic mass is 32.1. The minimum atomic E-state index is -0.977. The minimum Gasteiger partial charge on any atom is -0.491 e. The second kappa shape index (κ2) is 9.99. The fraction of sp³-hybridized carbons (Fsp3) is 0.296. The van der Waals surface area contributed by atoms with Gasteiger partial charge in [0.25, 0.3) is 0 Å². The quantitative estimate of drug-likeness (QED) is 0.345. The number of piperidine rings is 1. The van der Waals surface area contributed by atoms with E-state index in [9.17, 15) is 14.3 Å². The molecule has 5 rings (SSSR count). The van der Waals surface area contributed by atoms with Crippen molar-refractivity contribution in [3.63, 3.8) is 0 Å². The average Bonchev–Trinajstić information content (AvgIpc) is 3.48. The number of halogens is 1. The monoisotopic (exact) mass is 478 g/mol. The summed E-state index contributed by atoms with van der Waals surface area (Å²) in [5, 5.41) is 14.7. The average molecular weight is 479 g/mol. The first-order valence-corrected chi connectivity index (χ1v) is 12.5. The summed E-state index contributed by atoms with van der Waals surface area (Å²) in [5.74, 6) is -0.338. The highest BCUT2D eigenvalue weighted by molar-refractivity contribution is 7.07. The van der Waals surface area contributed by atoms with Gasteiger partial charge in [0.05, 0.1) is 5.52 Å². The third-order valence-electron chi connectivity index (χ3n) is 6.62. The molecule has 1 fully saturated rings. The summed E-state index contributed by atoms with van der Waals surface area (Å²) in [6.45, 7) is 3.86. The van der Waals surface area contributed by atoms with Gasteiger partial charge in [-0.05, 0) is 90.1 Å². The number of carboxylic acid groups (broad SMARTS) is 1. The van der Waals surface area contributed by atoms with E-state index in [2.05, 4.69) is 32.5 Å². The van der Waals surface area contributed by atoms with Gasteiger partial charge in [0, 0.05) is 24.7 Å². The Morgan fingerprint density at radius 3 is 2.74 bits per heavy atom. The number of carboxylic acids is 1. The molecule has 2 aromatic carbocycles. The Balaban J connectivity index is 1.23. The van der Waals surface area contributed by atoms with E-state index in [0.717, 1.165) is 49.9 Å². The topological polar surface area (TPSA) is 54.7 Å². The van der Waals surface area contributed by atoms with Crippen molar-refractivity contribution in [1.82, 2.24) is 9.47 Å². The number of aromatic carboxylic acids is 1. The van der Waals surface area contributed by atoms with Gasteiger partial charge in [-0.3, -0.25) is 4.90 Å². The van der Waals surface area contributed by atoms with Crippen molar-refractivity contribution in [2.24, 2.45) is 0 Å². The van der Waals surface area contributed by atoms with Crippen molar-refractivity contribution >= 4 is 28.2 Å². The summed E-state index contributed by atoms with van der Waals surface area (Å²) in [6, 6.07) is 14.0. The molecule has 0 radical (unpaired) electrons. The Kier molecular flexibility index (Phi) is 6.65. The van der Waals surface area contributed by atoms with Gasteiger partial charge >= 0.3 is 5.97 Å². The molecule has 0 atom stereocenters. The number of para-hydroxylation sites is 1. The van der Waals surface area contributed by atoms with Crippen molar-refractivity contribution in [2.45, 2.75) is 25.3 Å². The number of ether oxygens (including phenoxy) is 1. The first-order valence-electron chi connectivity index (χ1n) is 11.6. The maximum Gasteiger partial charge on any atom is 0.339 e. The van der Waals surface area contributed by atoms with Crippen LogP contribution in [0.3, 0.4) is 0 Å². The number of rotatable bonds is 8. The standard InChI is InChI=1S/C27H27FN2O3S/c28-21-5-6-22-24(17-30(25(22)15-21)16-19-9-14-34-18-19)20-7-10-29(11-8-20)12-13-33-26-4-2-1-3-23(26)27(31)32/h1-6,9,14-15,17-18,20H,7-8,10-13,16H2,(H,31,32). The molecule has 3 heterocycles. The number of nitrogens with zero attached hydrogens (tertiary/aromatic N) is 2. The summed E-state index contributed by atoms with van der Waals surface area (Å²) < 4.78 is 22.0. The van der Waals surface area contributed by atoms with Gasteiger partial charge in [0.15, 0.2) is 0 Å². The first kappa shape index (κ1) is 22.6. The van der Waals surface area contributed by atoms with Crippen LogP contribution in [-0.4, -0.2) is 46.8 Å². The Hall–Kier alpha value is -3.16. The molecule has 0 bridgehead atoms. The number of likely N-dealkylation sites (tertiary alicyclic amines) is 1. The van der Waals surface area contributed by atoms with Crippen LogP contribution in [0.5, 0.6) is 5.75 Å². The van der Waals surface area contributed by atoms with E-state index >= 15 is 0 Å². The predicted octanol–water partition coefficient (Wildman–Crippen LogP) is 5.85. The van der Waals surface area contributed by atoms with E-state index in [4.69, 9.17) is 4.74 Å². The number of aromatic nitrogens is 1. The van der Waals surface area contributed by atoms with Gasteiger partial charge < -0.3 is 14.4 Å². The normalized spacial score (nSPS) is 15.1. The predicted molar refractivity (Wildman–Crippen MR) is 133 cm³/mol. The lowest BCUT2D eigenvalue weighted by molar-refractivity contribution is 0.0691. The number of fused-ring (bicyclic) bond motifs is 1. The van der Waals surface area contributed by atoms with Crippen LogP contribution in [0.2, 0.25) is 0 Å². The molecule has 0 aliphatic carbocycles. The van der Waals surface area contributed by atoms with Gasteiger partial charge in [0.2, 0.25) is 0 Å². The summed E-state index contributed by atoms with van der Waals surface area (Å²) in [4.78, 5) is 13.7. The van der Waals surface area contributed by atoms with E-state index in [1.165, 1.54) is 11.1 Å². The van der Waals surface area contributed by atoms with Gasteiger partial charge in [-0.1, -0.05) is 12.1 Å². The zero-order valence-corrected chi connectivity index (χ0v) is 19.6. The molecule has 34 heavy (non-hydrogen) atoms. The zero-order valence-electron chi connectivity index (χ0n) is 18.8. The van der Waals surface area contributed by atoms with Crippen LogP contribution < -0.4 is 4.74 Å². The molecule has 1 aliphatic heterocycles. The van der Waals surface area contributed by atoms with Crippen LogP contribution >= 0.6 is 11.3 Å². The highest BCUT2D eigenvalue weighted by Crippen LogP contribution is 2.35. The van der Waals surface area contributed by atoms with E-state index in [1.54, 1.807) is 47.7 Å². The summed E-state index contributed by atoms with van der Waals surface area (Å²) >= 11 is 1.68. The van der Waals surface area contributed by atoms with E-state index in [-0.39, 0.29) is 11.4 Å². The molecule has 5 nitrogen and oxygen atoms in total. The van der Waals surface area contributed by atoms with Crippen LogP contribution in [0.15, 0.2) is 65.5 Å². The molecule has 0 spiro atoms. The Bertz CT molecular complexity index is 1280. The summed E-state index contributed by atoms with van der Waals surface area (Å²) in [5.41, 5.74) is 3.68. The molecular weight excluding hydrogens is 451 g/mol. The number of carbonyl (C=O) groups is 1. The number of benzene rings is 2. The maximum atomic E-state index is 14.0. The van der Waals surface area contributed by atoms with E-state index < -0.39 is 5.97 Å². The molecule has 176 valence electrons. The Morgan fingerprint density at radius 1 is 1.15 bits per heavy atom. The zero-order chi connectivity index (χ0) is 23.5. The van der Waals surface area contributed by atoms with Gasteiger partial charge in [0.1, 0.15) is 23.7 Å². The third-order valence-corrected chi connectivity index (χ3v) is 7.35. The number of hydrogen-bond acceptors (Lipinski definition) is 4. The Morgan fingerprint density at radius 2 is 1.97 bits per heavy atom. The fourth-order valence-electron chi connectivity index (χ4n) is 4.85. The summed E-state index contributed by atoms with van der Waals surface area (Å²) in [7, 11) is 0. The molecule has 4 aromatic rings. The first-order chi connectivity index (χ1) is 16.6. The Labute approximate surface area is 202 Å². The largest absolute Gasteiger partial charge is 0.491 e. The molecule has 1 aliphatic rings. The SMILES string of the molecule is O=C(O)c1ccccc1OCCN1CCC(c2cn(Cc3ccsc3)c3cc(F)ccc23)CC1. The molecular formula is C27H27FN2O3S. The second-order valence-electron chi connectivity index (χ2n) is 8.77. The van der Waals surface area contributed by atoms with E-state index in [0.29, 0.717) is 18.3 Å². The summed E-state index contributed by atoms with van der Waals surface area (Å²) in [6.07, 6.45) is 4.27. The van der Waals surface area contributed by atoms with Crippen LogP contribution in [0.4, 0.5) is 4.39 Å². The minimum absolute atomic E-state index is 0.191. The van der Waals surface area contributed by atoms with Crippen LogP contribution in [-0.2, 0) is 6.54 Å². The van der Waals surface area contributed by atoms with Crippen molar-refractivity contribution < 1.29 is 19.0 Å². The van der Waals surface area contributed by atoms with Crippen LogP contribution in [0.1, 0.15) is 40.2 Å². The fourth-order valence-corrected chi connectivity index (χ4v) is 5.51. The number of thiophene rings is 1. The van der Waals surface area contributed by atoms with Crippen molar-refractivity contribution in [1.29, 1.82) is 0 Å². The molecule has 0 amide bonds.